The van der Waals surface area contributed by atoms with Crippen molar-refractivity contribution in [3.8, 4) is 0 Å². The summed E-state index contributed by atoms with van der Waals surface area (Å²) in [6, 6.07) is 3.78. The van der Waals surface area contributed by atoms with Crippen LogP contribution in [-0.2, 0) is 14.3 Å². The summed E-state index contributed by atoms with van der Waals surface area (Å²) in [4.78, 5) is 24.2. The minimum absolute atomic E-state index is 0.0739. The first-order valence-electron chi connectivity index (χ1n) is 7.44. The Labute approximate surface area is 146 Å². The highest BCUT2D eigenvalue weighted by atomic mass is 35.5. The van der Waals surface area contributed by atoms with Crippen LogP contribution in [0, 0.1) is 5.92 Å². The largest absolute Gasteiger partial charge is 0.464 e. The molecule has 7 heteroatoms. The van der Waals surface area contributed by atoms with Gasteiger partial charge in [-0.2, -0.15) is 0 Å². The van der Waals surface area contributed by atoms with Crippen LogP contribution < -0.4 is 10.6 Å². The van der Waals surface area contributed by atoms with Gasteiger partial charge >= 0.3 is 5.97 Å². The summed E-state index contributed by atoms with van der Waals surface area (Å²) >= 11 is 11.8. The van der Waals surface area contributed by atoms with E-state index in [2.05, 4.69) is 10.6 Å². The molecule has 0 radical (unpaired) electrons. The monoisotopic (exact) mass is 360 g/mol. The summed E-state index contributed by atoms with van der Waals surface area (Å²) in [5.41, 5.74) is 0.666. The molecule has 5 nitrogen and oxygen atoms in total. The fraction of sp³-hybridized carbons (Fsp3) is 0.500. The molecule has 0 bridgehead atoms. The zero-order valence-electron chi connectivity index (χ0n) is 13.7. The molecular weight excluding hydrogens is 339 g/mol. The lowest BCUT2D eigenvalue weighted by atomic mass is 10.0. The van der Waals surface area contributed by atoms with E-state index in [0.29, 0.717) is 15.7 Å². The molecule has 2 atom stereocenters. The van der Waals surface area contributed by atoms with Crippen LogP contribution in [0.2, 0.25) is 10.0 Å². The molecule has 128 valence electrons. The standard InChI is InChI=1S/C16H22Cl2N2O3/c1-5-23-16(22)14(9(2)3)20-15(21)10(4)19-11-6-7-12(17)13(18)8-11/h6-10,14,19H,5H2,1-4H3,(H,20,21). The summed E-state index contributed by atoms with van der Waals surface area (Å²) in [6.07, 6.45) is 0. The summed E-state index contributed by atoms with van der Waals surface area (Å²) in [6.45, 7) is 7.39. The van der Waals surface area contributed by atoms with Gasteiger partial charge in [0.2, 0.25) is 5.91 Å². The molecule has 0 aliphatic heterocycles. The van der Waals surface area contributed by atoms with Gasteiger partial charge in [0.1, 0.15) is 12.1 Å². The van der Waals surface area contributed by atoms with Gasteiger partial charge in [0.15, 0.2) is 0 Å². The number of benzene rings is 1. The van der Waals surface area contributed by atoms with Crippen LogP contribution >= 0.6 is 23.2 Å². The van der Waals surface area contributed by atoms with E-state index >= 15 is 0 Å². The van der Waals surface area contributed by atoms with E-state index in [1.54, 1.807) is 32.0 Å². The van der Waals surface area contributed by atoms with Gasteiger partial charge in [-0.3, -0.25) is 4.79 Å². The number of rotatable bonds is 7. The van der Waals surface area contributed by atoms with Crippen LogP contribution in [0.25, 0.3) is 0 Å². The highest BCUT2D eigenvalue weighted by Gasteiger charge is 2.27. The molecular formula is C16H22Cl2N2O3. The lowest BCUT2D eigenvalue weighted by molar-refractivity contribution is -0.148. The highest BCUT2D eigenvalue weighted by molar-refractivity contribution is 6.42. The van der Waals surface area contributed by atoms with E-state index in [1.165, 1.54) is 0 Å². The second-order valence-electron chi connectivity index (χ2n) is 5.48. The SMILES string of the molecule is CCOC(=O)C(NC(=O)C(C)Nc1ccc(Cl)c(Cl)c1)C(C)C. The number of carbonyl (C=O) groups is 2. The second kappa shape index (κ2) is 8.99. The molecule has 2 N–H and O–H groups in total. The third kappa shape index (κ3) is 5.92. The number of hydrogen-bond donors (Lipinski definition) is 2. The zero-order chi connectivity index (χ0) is 17.6. The third-order valence-electron chi connectivity index (χ3n) is 3.20. The number of amides is 1. The molecule has 0 saturated carbocycles. The van der Waals surface area contributed by atoms with Crippen molar-refractivity contribution < 1.29 is 14.3 Å². The molecule has 2 unspecified atom stereocenters. The van der Waals surface area contributed by atoms with Crippen molar-refractivity contribution in [2.24, 2.45) is 5.92 Å². The predicted molar refractivity (Wildman–Crippen MR) is 92.9 cm³/mol. The molecule has 1 amide bonds. The van der Waals surface area contributed by atoms with Crippen LogP contribution in [0.1, 0.15) is 27.7 Å². The summed E-state index contributed by atoms with van der Waals surface area (Å²) < 4.78 is 4.99. The number of anilines is 1. The molecule has 0 fully saturated rings. The van der Waals surface area contributed by atoms with Crippen molar-refractivity contribution in [1.29, 1.82) is 0 Å². The topological polar surface area (TPSA) is 67.4 Å². The molecule has 1 aromatic rings. The lowest BCUT2D eigenvalue weighted by Crippen LogP contribution is -2.49. The molecule has 1 aromatic carbocycles. The molecule has 0 saturated heterocycles. The van der Waals surface area contributed by atoms with Gasteiger partial charge in [-0.25, -0.2) is 4.79 Å². The van der Waals surface area contributed by atoms with Gasteiger partial charge in [0.25, 0.3) is 0 Å². The molecule has 23 heavy (non-hydrogen) atoms. The van der Waals surface area contributed by atoms with Crippen LogP contribution in [0.5, 0.6) is 0 Å². The molecule has 0 heterocycles. The first-order valence-corrected chi connectivity index (χ1v) is 8.20. The van der Waals surface area contributed by atoms with Gasteiger partial charge in [-0.05, 0) is 38.0 Å². The van der Waals surface area contributed by atoms with Gasteiger partial charge < -0.3 is 15.4 Å². The Bertz CT molecular complexity index is 564. The van der Waals surface area contributed by atoms with Crippen molar-refractivity contribution in [2.75, 3.05) is 11.9 Å². The predicted octanol–water partition coefficient (Wildman–Crippen LogP) is 3.50. The van der Waals surface area contributed by atoms with E-state index in [4.69, 9.17) is 27.9 Å². The zero-order valence-corrected chi connectivity index (χ0v) is 15.2. The van der Waals surface area contributed by atoms with Crippen molar-refractivity contribution in [1.82, 2.24) is 5.32 Å². The van der Waals surface area contributed by atoms with Crippen LogP contribution in [0.15, 0.2) is 18.2 Å². The molecule has 1 rings (SSSR count). The van der Waals surface area contributed by atoms with Crippen molar-refractivity contribution >= 4 is 40.8 Å². The van der Waals surface area contributed by atoms with Crippen LogP contribution in [0.3, 0.4) is 0 Å². The fourth-order valence-electron chi connectivity index (χ4n) is 1.91. The first kappa shape index (κ1) is 19.6. The Balaban J connectivity index is 2.71. The number of esters is 1. The number of carbonyl (C=O) groups excluding carboxylic acids is 2. The van der Waals surface area contributed by atoms with E-state index in [9.17, 15) is 9.59 Å². The Morgan fingerprint density at radius 3 is 2.35 bits per heavy atom. The average Bonchev–Trinajstić information content (AvgIpc) is 2.48. The first-order chi connectivity index (χ1) is 10.8. The molecule has 0 aliphatic carbocycles. The molecule has 0 aromatic heterocycles. The minimum atomic E-state index is -0.680. The fourth-order valence-corrected chi connectivity index (χ4v) is 2.21. The minimum Gasteiger partial charge on any atom is -0.464 e. The van der Waals surface area contributed by atoms with Crippen molar-refractivity contribution in [3.63, 3.8) is 0 Å². The average molecular weight is 361 g/mol. The summed E-state index contributed by atoms with van der Waals surface area (Å²) in [5, 5.41) is 6.57. The van der Waals surface area contributed by atoms with E-state index in [0.717, 1.165) is 0 Å². The van der Waals surface area contributed by atoms with Gasteiger partial charge in [0, 0.05) is 5.69 Å². The Morgan fingerprint density at radius 2 is 1.83 bits per heavy atom. The van der Waals surface area contributed by atoms with E-state index in [-0.39, 0.29) is 18.4 Å². The number of hydrogen-bond acceptors (Lipinski definition) is 4. The number of ether oxygens (including phenoxy) is 1. The lowest BCUT2D eigenvalue weighted by Gasteiger charge is -2.23. The maximum Gasteiger partial charge on any atom is 0.328 e. The van der Waals surface area contributed by atoms with Crippen molar-refractivity contribution in [3.05, 3.63) is 28.2 Å². The van der Waals surface area contributed by atoms with Gasteiger partial charge in [-0.15, -0.1) is 0 Å². The second-order valence-corrected chi connectivity index (χ2v) is 6.29. The number of nitrogens with one attached hydrogen (secondary N) is 2. The summed E-state index contributed by atoms with van der Waals surface area (Å²) in [5.74, 6) is -0.810. The smallest absolute Gasteiger partial charge is 0.328 e. The Morgan fingerprint density at radius 1 is 1.17 bits per heavy atom. The highest BCUT2D eigenvalue weighted by Crippen LogP contribution is 2.25. The quantitative estimate of drug-likeness (QED) is 0.730. The Hall–Kier alpha value is -1.46. The maximum absolute atomic E-state index is 12.3. The van der Waals surface area contributed by atoms with Crippen LogP contribution in [0.4, 0.5) is 5.69 Å². The molecule has 0 aliphatic rings. The maximum atomic E-state index is 12.3. The number of halogens is 2. The van der Waals surface area contributed by atoms with Crippen LogP contribution in [-0.4, -0.2) is 30.6 Å². The van der Waals surface area contributed by atoms with Crippen molar-refractivity contribution in [2.45, 2.75) is 39.8 Å². The Kier molecular flexibility index (Phi) is 7.65. The third-order valence-corrected chi connectivity index (χ3v) is 3.94. The molecule has 0 spiro atoms. The van der Waals surface area contributed by atoms with E-state index in [1.807, 2.05) is 13.8 Å². The van der Waals surface area contributed by atoms with E-state index < -0.39 is 18.1 Å². The summed E-state index contributed by atoms with van der Waals surface area (Å²) in [7, 11) is 0. The van der Waals surface area contributed by atoms with Gasteiger partial charge in [0.05, 0.1) is 16.7 Å². The normalized spacial score (nSPS) is 13.3. The van der Waals surface area contributed by atoms with Gasteiger partial charge in [-0.1, -0.05) is 37.0 Å².